The lowest BCUT2D eigenvalue weighted by Crippen LogP contribution is -2.48. The molecule has 3 rings (SSSR count). The van der Waals surface area contributed by atoms with Crippen LogP contribution in [0, 0.1) is 13.8 Å². The third kappa shape index (κ3) is 4.21. The summed E-state index contributed by atoms with van der Waals surface area (Å²) in [4.78, 5) is 24.5. The van der Waals surface area contributed by atoms with Crippen LogP contribution in [0.25, 0.3) is 0 Å². The van der Waals surface area contributed by atoms with E-state index >= 15 is 0 Å². The molecule has 0 bridgehead atoms. The van der Waals surface area contributed by atoms with E-state index in [2.05, 4.69) is 14.9 Å². The summed E-state index contributed by atoms with van der Waals surface area (Å²) in [5, 5.41) is 3.06. The molecule has 2 aromatic rings. The van der Waals surface area contributed by atoms with Crippen LogP contribution >= 0.6 is 11.3 Å². The van der Waals surface area contributed by atoms with Gasteiger partial charge in [0, 0.05) is 38.1 Å². The first-order chi connectivity index (χ1) is 12.2. The highest BCUT2D eigenvalue weighted by molar-refractivity contribution is 7.09. The van der Waals surface area contributed by atoms with E-state index in [4.69, 9.17) is 0 Å². The van der Waals surface area contributed by atoms with Crippen molar-refractivity contribution in [3.63, 3.8) is 0 Å². The molecule has 1 aliphatic heterocycles. The van der Waals surface area contributed by atoms with E-state index in [0.717, 1.165) is 23.3 Å². The van der Waals surface area contributed by atoms with Gasteiger partial charge in [-0.3, -0.25) is 9.69 Å². The van der Waals surface area contributed by atoms with Crippen LogP contribution in [0.3, 0.4) is 0 Å². The number of hydrogen-bond acceptors (Lipinski definition) is 5. The SMILES string of the molecule is Cc1nc(CN2CCN(C(=O)c3ccc(C(F)(F)F)nc3C)CC2)cs1. The second kappa shape index (κ2) is 7.32. The van der Waals surface area contributed by atoms with Crippen LogP contribution in [0.2, 0.25) is 0 Å². The molecule has 0 aromatic carbocycles. The Hall–Kier alpha value is -2.00. The minimum Gasteiger partial charge on any atom is -0.336 e. The van der Waals surface area contributed by atoms with Crippen LogP contribution in [0.1, 0.15) is 32.4 Å². The van der Waals surface area contributed by atoms with Crippen LogP contribution in [-0.4, -0.2) is 51.9 Å². The van der Waals surface area contributed by atoms with Gasteiger partial charge in [-0.05, 0) is 26.0 Å². The van der Waals surface area contributed by atoms with Crippen molar-refractivity contribution in [3.8, 4) is 0 Å². The lowest BCUT2D eigenvalue weighted by atomic mass is 10.1. The Morgan fingerprint density at radius 2 is 1.85 bits per heavy atom. The minimum absolute atomic E-state index is 0.102. The molecular weight excluding hydrogens is 365 g/mol. The molecule has 0 radical (unpaired) electrons. The van der Waals surface area contributed by atoms with Gasteiger partial charge in [0.15, 0.2) is 0 Å². The standard InChI is InChI=1S/C17H19F3N4OS/c1-11-14(3-4-15(21-11)17(18,19)20)16(25)24-7-5-23(6-8-24)9-13-10-26-12(2)22-13/h3-4,10H,5-9H2,1-2H3. The van der Waals surface area contributed by atoms with Crippen molar-refractivity contribution < 1.29 is 18.0 Å². The van der Waals surface area contributed by atoms with Gasteiger partial charge in [0.05, 0.1) is 22.0 Å². The lowest BCUT2D eigenvalue weighted by Gasteiger charge is -2.34. The first-order valence-corrected chi connectivity index (χ1v) is 9.09. The number of amides is 1. The molecule has 3 heterocycles. The molecule has 0 unspecified atom stereocenters. The number of nitrogens with zero attached hydrogens (tertiary/aromatic N) is 4. The second-order valence-electron chi connectivity index (χ2n) is 6.25. The molecule has 0 aliphatic carbocycles. The highest BCUT2D eigenvalue weighted by atomic mass is 32.1. The van der Waals surface area contributed by atoms with E-state index in [9.17, 15) is 18.0 Å². The number of alkyl halides is 3. The van der Waals surface area contributed by atoms with Gasteiger partial charge in [0.25, 0.3) is 5.91 Å². The molecule has 26 heavy (non-hydrogen) atoms. The van der Waals surface area contributed by atoms with Gasteiger partial charge >= 0.3 is 6.18 Å². The molecule has 0 atom stereocenters. The quantitative estimate of drug-likeness (QED) is 0.816. The summed E-state index contributed by atoms with van der Waals surface area (Å²) in [7, 11) is 0. The predicted octanol–water partition coefficient (Wildman–Crippen LogP) is 3.13. The Kier molecular flexibility index (Phi) is 5.29. The molecule has 1 aliphatic rings. The third-order valence-corrected chi connectivity index (χ3v) is 5.14. The summed E-state index contributed by atoms with van der Waals surface area (Å²) in [5.41, 5.74) is 0.372. The number of carbonyl (C=O) groups is 1. The molecule has 0 saturated carbocycles. The number of aryl methyl sites for hydroxylation is 2. The van der Waals surface area contributed by atoms with E-state index in [-0.39, 0.29) is 17.2 Å². The number of rotatable bonds is 3. The molecule has 2 aromatic heterocycles. The monoisotopic (exact) mass is 384 g/mol. The van der Waals surface area contributed by atoms with Crippen molar-refractivity contribution in [1.29, 1.82) is 0 Å². The molecule has 9 heteroatoms. The zero-order valence-corrected chi connectivity index (χ0v) is 15.3. The smallest absolute Gasteiger partial charge is 0.336 e. The summed E-state index contributed by atoms with van der Waals surface area (Å²) in [5.74, 6) is -0.270. The van der Waals surface area contributed by atoms with Crippen molar-refractivity contribution in [1.82, 2.24) is 19.8 Å². The Labute approximate surface area is 153 Å². The van der Waals surface area contributed by atoms with Gasteiger partial charge < -0.3 is 4.90 Å². The highest BCUT2D eigenvalue weighted by Crippen LogP contribution is 2.28. The number of pyridine rings is 1. The maximum absolute atomic E-state index is 12.7. The van der Waals surface area contributed by atoms with Gasteiger partial charge in [-0.25, -0.2) is 9.97 Å². The van der Waals surface area contributed by atoms with E-state index in [1.807, 2.05) is 12.3 Å². The lowest BCUT2D eigenvalue weighted by molar-refractivity contribution is -0.141. The summed E-state index contributed by atoms with van der Waals surface area (Å²) in [6.07, 6.45) is -4.51. The van der Waals surface area contributed by atoms with Crippen molar-refractivity contribution in [2.75, 3.05) is 26.2 Å². The maximum Gasteiger partial charge on any atom is 0.433 e. The molecule has 1 amide bonds. The van der Waals surface area contributed by atoms with Crippen molar-refractivity contribution >= 4 is 17.2 Å². The topological polar surface area (TPSA) is 49.3 Å². The molecule has 1 fully saturated rings. The minimum atomic E-state index is -4.51. The fourth-order valence-electron chi connectivity index (χ4n) is 2.93. The molecule has 0 N–H and O–H groups in total. The first-order valence-electron chi connectivity index (χ1n) is 8.21. The number of aromatic nitrogens is 2. The molecule has 5 nitrogen and oxygen atoms in total. The van der Waals surface area contributed by atoms with Crippen molar-refractivity contribution in [3.05, 3.63) is 45.2 Å². The van der Waals surface area contributed by atoms with Gasteiger partial charge in [-0.15, -0.1) is 11.3 Å². The molecular formula is C17H19F3N4OS. The van der Waals surface area contributed by atoms with E-state index in [1.54, 1.807) is 16.2 Å². The van der Waals surface area contributed by atoms with Crippen LogP contribution in [-0.2, 0) is 12.7 Å². The van der Waals surface area contributed by atoms with Crippen LogP contribution in [0.5, 0.6) is 0 Å². The number of piperazine rings is 1. The largest absolute Gasteiger partial charge is 0.433 e. The number of carbonyl (C=O) groups excluding carboxylic acids is 1. The van der Waals surface area contributed by atoms with Crippen LogP contribution < -0.4 is 0 Å². The fourth-order valence-corrected chi connectivity index (χ4v) is 3.54. The first kappa shape index (κ1) is 18.8. The highest BCUT2D eigenvalue weighted by Gasteiger charge is 2.33. The molecule has 140 valence electrons. The Morgan fingerprint density at radius 1 is 1.15 bits per heavy atom. The van der Waals surface area contributed by atoms with Gasteiger partial charge in [-0.1, -0.05) is 0 Å². The number of hydrogen-bond donors (Lipinski definition) is 0. The number of halogens is 3. The Bertz CT molecular complexity index is 798. The summed E-state index contributed by atoms with van der Waals surface area (Å²) in [6.45, 7) is 6.61. The predicted molar refractivity (Wildman–Crippen MR) is 92.0 cm³/mol. The van der Waals surface area contributed by atoms with Crippen molar-refractivity contribution in [2.45, 2.75) is 26.6 Å². The Balaban J connectivity index is 1.61. The average Bonchev–Trinajstić information content (AvgIpc) is 2.99. The summed E-state index contributed by atoms with van der Waals surface area (Å²) in [6, 6.07) is 2.08. The Morgan fingerprint density at radius 3 is 2.38 bits per heavy atom. The fraction of sp³-hybridized carbons (Fsp3) is 0.471. The summed E-state index contributed by atoms with van der Waals surface area (Å²) < 4.78 is 38.1. The zero-order chi connectivity index (χ0) is 18.9. The molecule has 0 spiro atoms. The van der Waals surface area contributed by atoms with Gasteiger partial charge in [0.2, 0.25) is 0 Å². The summed E-state index contributed by atoms with van der Waals surface area (Å²) >= 11 is 1.61. The van der Waals surface area contributed by atoms with E-state index in [1.165, 1.54) is 13.0 Å². The van der Waals surface area contributed by atoms with Crippen LogP contribution in [0.4, 0.5) is 13.2 Å². The normalized spacial score (nSPS) is 16.1. The van der Waals surface area contributed by atoms with E-state index in [0.29, 0.717) is 26.2 Å². The third-order valence-electron chi connectivity index (χ3n) is 4.32. The maximum atomic E-state index is 12.7. The second-order valence-corrected chi connectivity index (χ2v) is 7.32. The van der Waals surface area contributed by atoms with Crippen LogP contribution in [0.15, 0.2) is 17.5 Å². The van der Waals surface area contributed by atoms with Crippen molar-refractivity contribution in [2.24, 2.45) is 0 Å². The van der Waals surface area contributed by atoms with Gasteiger partial charge in [-0.2, -0.15) is 13.2 Å². The number of thiazole rings is 1. The van der Waals surface area contributed by atoms with E-state index < -0.39 is 11.9 Å². The van der Waals surface area contributed by atoms with Gasteiger partial charge in [0.1, 0.15) is 5.69 Å². The zero-order valence-electron chi connectivity index (χ0n) is 14.5. The average molecular weight is 384 g/mol. The molecule has 1 saturated heterocycles.